The van der Waals surface area contributed by atoms with E-state index in [0.717, 1.165) is 46.6 Å². The lowest BCUT2D eigenvalue weighted by atomic mass is 9.85. The van der Waals surface area contributed by atoms with Crippen LogP contribution in [0.2, 0.25) is 0 Å². The fourth-order valence-electron chi connectivity index (χ4n) is 3.67. The number of nitrogen functional groups attached to an aromatic ring is 1. The number of benzene rings is 1. The molecule has 0 aliphatic rings. The molecule has 0 radical (unpaired) electrons. The van der Waals surface area contributed by atoms with Crippen LogP contribution in [0.3, 0.4) is 0 Å². The van der Waals surface area contributed by atoms with Gasteiger partial charge in [0.2, 0.25) is 0 Å². The minimum Gasteiger partial charge on any atom is -0.398 e. The molecule has 1 heterocycles. The monoisotopic (exact) mass is 354 g/mol. The Balaban J connectivity index is 2.83. The van der Waals surface area contributed by atoms with Gasteiger partial charge in [-0.25, -0.2) is 0 Å². The van der Waals surface area contributed by atoms with Gasteiger partial charge in [-0.15, -0.1) is 0 Å². The molecule has 26 heavy (non-hydrogen) atoms. The summed E-state index contributed by atoms with van der Waals surface area (Å²) in [6, 6.07) is 7.99. The van der Waals surface area contributed by atoms with Crippen molar-refractivity contribution in [2.24, 2.45) is 0 Å². The third-order valence-electron chi connectivity index (χ3n) is 4.98. The molecular weight excluding hydrogens is 320 g/mol. The van der Waals surface area contributed by atoms with Gasteiger partial charge in [-0.2, -0.15) is 0 Å². The zero-order valence-electron chi connectivity index (χ0n) is 17.0. The van der Waals surface area contributed by atoms with Crippen molar-refractivity contribution in [1.82, 2.24) is 4.98 Å². The van der Waals surface area contributed by atoms with Crippen LogP contribution in [-0.4, -0.2) is 10.1 Å². The smallest absolute Gasteiger partial charge is 0.0705 e. The van der Waals surface area contributed by atoms with Gasteiger partial charge in [-0.05, 0) is 41.9 Å². The lowest BCUT2D eigenvalue weighted by molar-refractivity contribution is 0.279. The van der Waals surface area contributed by atoms with E-state index in [-0.39, 0.29) is 12.5 Å². The van der Waals surface area contributed by atoms with Crippen LogP contribution >= 0.6 is 0 Å². The number of hydrogen-bond acceptors (Lipinski definition) is 3. The highest BCUT2D eigenvalue weighted by molar-refractivity contribution is 5.82. The first kappa shape index (κ1) is 20.4. The number of rotatable bonds is 8. The average molecular weight is 355 g/mol. The summed E-state index contributed by atoms with van der Waals surface area (Å²) in [7, 11) is 0. The molecule has 0 aliphatic carbocycles. The predicted octanol–water partition coefficient (Wildman–Crippen LogP) is 5.80. The molecule has 0 spiro atoms. The van der Waals surface area contributed by atoms with E-state index < -0.39 is 0 Å². The summed E-state index contributed by atoms with van der Waals surface area (Å²) in [4.78, 5) is 5.04. The molecule has 0 bridgehead atoms. The van der Waals surface area contributed by atoms with Crippen LogP contribution in [0.4, 0.5) is 5.69 Å². The standard InChI is InChI=1S/C23H34N2O/c1-6-7-8-12-18-21(17-11-9-10-13-20(17)24)19(14-26)23(16(4)5)25-22(18)15(2)3/h9-11,13,15-16,26H,6-8,12,14,24H2,1-5H3. The van der Waals surface area contributed by atoms with Gasteiger partial charge >= 0.3 is 0 Å². The van der Waals surface area contributed by atoms with Gasteiger partial charge in [0.15, 0.2) is 0 Å². The average Bonchev–Trinajstić information content (AvgIpc) is 2.61. The summed E-state index contributed by atoms with van der Waals surface area (Å²) in [5.74, 6) is 0.587. The SMILES string of the molecule is CCCCCc1c(C(C)C)nc(C(C)C)c(CO)c1-c1ccccc1N. The summed E-state index contributed by atoms with van der Waals surface area (Å²) >= 11 is 0. The number of unbranched alkanes of at least 4 members (excludes halogenated alkanes) is 2. The number of aliphatic hydroxyl groups excluding tert-OH is 1. The van der Waals surface area contributed by atoms with E-state index in [9.17, 15) is 5.11 Å². The summed E-state index contributed by atoms with van der Waals surface area (Å²) in [5.41, 5.74) is 13.6. The largest absolute Gasteiger partial charge is 0.398 e. The number of aliphatic hydroxyl groups is 1. The fourth-order valence-corrected chi connectivity index (χ4v) is 3.67. The first-order chi connectivity index (χ1) is 12.4. The second-order valence-corrected chi connectivity index (χ2v) is 7.73. The highest BCUT2D eigenvalue weighted by Crippen LogP contribution is 2.39. The molecule has 2 rings (SSSR count). The van der Waals surface area contributed by atoms with E-state index in [1.165, 1.54) is 18.4 Å². The number of aromatic nitrogens is 1. The van der Waals surface area contributed by atoms with Crippen molar-refractivity contribution in [2.45, 2.75) is 78.7 Å². The first-order valence-electron chi connectivity index (χ1n) is 9.93. The van der Waals surface area contributed by atoms with Gasteiger partial charge in [0.1, 0.15) is 0 Å². The molecule has 3 heteroatoms. The Morgan fingerprint density at radius 3 is 2.12 bits per heavy atom. The van der Waals surface area contributed by atoms with Crippen LogP contribution < -0.4 is 5.73 Å². The Labute approximate surface area is 158 Å². The second kappa shape index (κ2) is 9.18. The lowest BCUT2D eigenvalue weighted by Gasteiger charge is -2.25. The van der Waals surface area contributed by atoms with Gasteiger partial charge in [0, 0.05) is 28.2 Å². The normalized spacial score (nSPS) is 11.5. The number of nitrogens with zero attached hydrogens (tertiary/aromatic N) is 1. The Bertz CT molecular complexity index is 735. The Hall–Kier alpha value is -1.87. The summed E-state index contributed by atoms with van der Waals surface area (Å²) in [6.07, 6.45) is 4.48. The van der Waals surface area contributed by atoms with Crippen LogP contribution in [0, 0.1) is 0 Å². The summed E-state index contributed by atoms with van der Waals surface area (Å²) < 4.78 is 0. The van der Waals surface area contributed by atoms with Crippen molar-refractivity contribution in [3.63, 3.8) is 0 Å². The van der Waals surface area contributed by atoms with Crippen LogP contribution in [0.25, 0.3) is 11.1 Å². The molecule has 0 fully saturated rings. The maximum absolute atomic E-state index is 10.2. The van der Waals surface area contributed by atoms with Crippen molar-refractivity contribution in [3.05, 3.63) is 46.8 Å². The molecule has 0 unspecified atom stereocenters. The van der Waals surface area contributed by atoms with Crippen LogP contribution in [0.5, 0.6) is 0 Å². The molecule has 3 N–H and O–H groups in total. The van der Waals surface area contributed by atoms with E-state index in [1.807, 2.05) is 18.2 Å². The molecule has 2 aromatic rings. The molecule has 0 saturated carbocycles. The molecule has 1 aromatic carbocycles. The van der Waals surface area contributed by atoms with E-state index in [0.29, 0.717) is 5.92 Å². The first-order valence-corrected chi connectivity index (χ1v) is 9.93. The highest BCUT2D eigenvalue weighted by Gasteiger charge is 2.23. The minimum atomic E-state index is -0.0106. The number of nitrogens with two attached hydrogens (primary N) is 1. The van der Waals surface area contributed by atoms with Gasteiger partial charge in [-0.3, -0.25) is 4.98 Å². The van der Waals surface area contributed by atoms with E-state index in [1.54, 1.807) is 0 Å². The molecule has 3 nitrogen and oxygen atoms in total. The van der Waals surface area contributed by atoms with Crippen molar-refractivity contribution >= 4 is 5.69 Å². The third-order valence-corrected chi connectivity index (χ3v) is 4.98. The molecule has 0 atom stereocenters. The Morgan fingerprint density at radius 2 is 1.58 bits per heavy atom. The number of anilines is 1. The number of pyridine rings is 1. The van der Waals surface area contributed by atoms with E-state index >= 15 is 0 Å². The lowest BCUT2D eigenvalue weighted by Crippen LogP contribution is -2.13. The predicted molar refractivity (Wildman–Crippen MR) is 111 cm³/mol. The number of hydrogen-bond donors (Lipinski definition) is 2. The molecule has 0 aliphatic heterocycles. The van der Waals surface area contributed by atoms with E-state index in [4.69, 9.17) is 10.7 Å². The molecular formula is C23H34N2O. The van der Waals surface area contributed by atoms with Crippen molar-refractivity contribution in [2.75, 3.05) is 5.73 Å². The van der Waals surface area contributed by atoms with E-state index in [2.05, 4.69) is 40.7 Å². The van der Waals surface area contributed by atoms with Crippen molar-refractivity contribution < 1.29 is 5.11 Å². The van der Waals surface area contributed by atoms with Gasteiger partial charge < -0.3 is 10.8 Å². The maximum Gasteiger partial charge on any atom is 0.0705 e. The van der Waals surface area contributed by atoms with Crippen LogP contribution in [-0.2, 0) is 13.0 Å². The summed E-state index contributed by atoms with van der Waals surface area (Å²) in [6.45, 7) is 10.9. The van der Waals surface area contributed by atoms with Gasteiger partial charge in [0.05, 0.1) is 6.61 Å². The Morgan fingerprint density at radius 1 is 0.962 bits per heavy atom. The zero-order chi connectivity index (χ0) is 19.3. The zero-order valence-corrected chi connectivity index (χ0v) is 17.0. The van der Waals surface area contributed by atoms with Gasteiger partial charge in [0.25, 0.3) is 0 Å². The quantitative estimate of drug-likeness (QED) is 0.465. The summed E-state index contributed by atoms with van der Waals surface area (Å²) in [5, 5.41) is 10.2. The molecule has 0 amide bonds. The topological polar surface area (TPSA) is 59.1 Å². The Kier molecular flexibility index (Phi) is 7.22. The van der Waals surface area contributed by atoms with Crippen LogP contribution in [0.15, 0.2) is 24.3 Å². The van der Waals surface area contributed by atoms with Crippen LogP contribution in [0.1, 0.15) is 88.2 Å². The fraction of sp³-hybridized carbons (Fsp3) is 0.522. The molecule has 0 saturated heterocycles. The molecule has 1 aromatic heterocycles. The second-order valence-electron chi connectivity index (χ2n) is 7.73. The van der Waals surface area contributed by atoms with Crippen molar-refractivity contribution in [1.29, 1.82) is 0 Å². The van der Waals surface area contributed by atoms with Gasteiger partial charge in [-0.1, -0.05) is 65.7 Å². The minimum absolute atomic E-state index is 0.0106. The maximum atomic E-state index is 10.2. The van der Waals surface area contributed by atoms with Crippen molar-refractivity contribution in [3.8, 4) is 11.1 Å². The highest BCUT2D eigenvalue weighted by atomic mass is 16.3. The molecule has 142 valence electrons. The number of para-hydroxylation sites is 1. The third kappa shape index (κ3) is 4.27.